The Kier molecular flexibility index (Phi) is 6.41. The smallest absolute Gasteiger partial charge is 0.505 e. The standard InChI is InChI=1S/C23H17F3N2O4S2/c1-12-18(23(24,25)26)9-15(10-21(12)33-31)13-2-4-17-14(8-13)6-7-28(22(17)30)16-3-5-20(29)19(11-16)27-34-32/h2-5,8-11,34H,6-7H2,1H3,(H-,27,29,32)/p+1. The van der Waals surface area contributed by atoms with Crippen LogP contribution in [0.25, 0.3) is 11.1 Å². The number of amides is 1. The highest BCUT2D eigenvalue weighted by atomic mass is 32.2. The molecule has 0 saturated heterocycles. The molecule has 1 aliphatic rings. The number of alkyl halides is 3. The van der Waals surface area contributed by atoms with Crippen molar-refractivity contribution in [2.75, 3.05) is 16.2 Å². The predicted molar refractivity (Wildman–Crippen MR) is 125 cm³/mol. The number of phenolic OH excluding ortho intramolecular Hbond substituents is 1. The minimum atomic E-state index is -4.60. The first kappa shape index (κ1) is 23.8. The van der Waals surface area contributed by atoms with Gasteiger partial charge in [-0.1, -0.05) is 12.1 Å². The van der Waals surface area contributed by atoms with E-state index in [2.05, 4.69) is 4.72 Å². The molecule has 0 radical (unpaired) electrons. The zero-order valence-corrected chi connectivity index (χ0v) is 19.4. The molecule has 0 unspecified atom stereocenters. The van der Waals surface area contributed by atoms with Gasteiger partial charge in [-0.05, 0) is 60.4 Å². The lowest BCUT2D eigenvalue weighted by Crippen LogP contribution is -2.37. The van der Waals surface area contributed by atoms with Crippen LogP contribution in [0.1, 0.15) is 27.0 Å². The molecule has 11 heteroatoms. The first-order valence-electron chi connectivity index (χ1n) is 10.0. The van der Waals surface area contributed by atoms with Gasteiger partial charge < -0.3 is 14.7 Å². The van der Waals surface area contributed by atoms with Crippen LogP contribution < -0.4 is 9.62 Å². The van der Waals surface area contributed by atoms with Crippen molar-refractivity contribution in [3.8, 4) is 16.9 Å². The maximum atomic E-state index is 13.5. The van der Waals surface area contributed by atoms with E-state index < -0.39 is 23.6 Å². The number of aromatic hydroxyl groups is 1. The number of nitrogens with zero attached hydrogens (tertiary/aromatic N) is 1. The molecule has 1 amide bonds. The summed E-state index contributed by atoms with van der Waals surface area (Å²) in [7, 11) is 0. The van der Waals surface area contributed by atoms with Crippen molar-refractivity contribution in [3.63, 3.8) is 0 Å². The maximum Gasteiger partial charge on any atom is 0.505 e. The molecule has 6 nitrogen and oxygen atoms in total. The molecule has 0 atom stereocenters. The molecule has 3 aromatic rings. The SMILES string of the molecule is Cc1c([S+]=O)cc(-c2ccc3c(c2)CCN(c2ccc(O)c(N[SH]=O)c2)C3=O)cc1C(F)(F)F. The average molecular weight is 508 g/mol. The number of hydrogen-bond donors (Lipinski definition) is 3. The summed E-state index contributed by atoms with van der Waals surface area (Å²) in [5.74, 6) is -0.423. The van der Waals surface area contributed by atoms with Crippen LogP contribution in [0, 0.1) is 6.92 Å². The predicted octanol–water partition coefficient (Wildman–Crippen LogP) is 4.65. The van der Waals surface area contributed by atoms with Crippen LogP contribution in [0.4, 0.5) is 24.5 Å². The van der Waals surface area contributed by atoms with Crippen molar-refractivity contribution < 1.29 is 31.5 Å². The molecule has 34 heavy (non-hydrogen) atoms. The van der Waals surface area contributed by atoms with E-state index in [1.165, 1.54) is 30.0 Å². The number of carbonyl (C=O) groups excluding carboxylic acids is 1. The molecule has 0 saturated carbocycles. The summed E-state index contributed by atoms with van der Waals surface area (Å²) in [5, 5.41) is 9.85. The van der Waals surface area contributed by atoms with E-state index in [0.29, 0.717) is 35.3 Å². The van der Waals surface area contributed by atoms with E-state index >= 15 is 0 Å². The third-order valence-corrected chi connectivity index (χ3v) is 6.67. The Bertz CT molecular complexity index is 1330. The Morgan fingerprint density at radius 3 is 2.53 bits per heavy atom. The molecular formula is C23H18F3N2O4S2+. The van der Waals surface area contributed by atoms with E-state index in [9.17, 15) is 31.5 Å². The summed E-state index contributed by atoms with van der Waals surface area (Å²) in [5.41, 5.74) is 1.53. The highest BCUT2D eigenvalue weighted by Crippen LogP contribution is 2.38. The Hall–Kier alpha value is -3.31. The Balaban J connectivity index is 1.71. The van der Waals surface area contributed by atoms with Gasteiger partial charge in [0, 0.05) is 33.6 Å². The molecule has 0 bridgehead atoms. The number of benzene rings is 3. The highest BCUT2D eigenvalue weighted by Gasteiger charge is 2.36. The van der Waals surface area contributed by atoms with Crippen LogP contribution in [0.5, 0.6) is 5.75 Å². The van der Waals surface area contributed by atoms with E-state index in [-0.39, 0.29) is 45.0 Å². The molecule has 0 aliphatic carbocycles. The third kappa shape index (κ3) is 4.40. The molecular weight excluding hydrogens is 489 g/mol. The van der Waals surface area contributed by atoms with Crippen molar-refractivity contribution in [2.24, 2.45) is 0 Å². The molecule has 0 spiro atoms. The number of nitrogens with one attached hydrogen (secondary N) is 1. The lowest BCUT2D eigenvalue weighted by molar-refractivity contribution is -0.138. The molecule has 3 aromatic carbocycles. The first-order valence-corrected chi connectivity index (χ1v) is 11.6. The van der Waals surface area contributed by atoms with Crippen LogP contribution in [-0.4, -0.2) is 21.8 Å². The lowest BCUT2D eigenvalue weighted by atomic mass is 9.92. The molecule has 4 rings (SSSR count). The van der Waals surface area contributed by atoms with Gasteiger partial charge in [0.05, 0.1) is 11.3 Å². The van der Waals surface area contributed by atoms with Gasteiger partial charge in [-0.25, -0.2) is 4.21 Å². The second-order valence-electron chi connectivity index (χ2n) is 7.71. The van der Waals surface area contributed by atoms with E-state index in [4.69, 9.17) is 0 Å². The van der Waals surface area contributed by atoms with Crippen LogP contribution in [0.3, 0.4) is 0 Å². The van der Waals surface area contributed by atoms with Crippen molar-refractivity contribution in [2.45, 2.75) is 24.4 Å². The summed E-state index contributed by atoms with van der Waals surface area (Å²) >= 11 is -0.392. The summed E-state index contributed by atoms with van der Waals surface area (Å²) in [6, 6.07) is 11.7. The van der Waals surface area contributed by atoms with E-state index in [1.807, 2.05) is 0 Å². The summed E-state index contributed by atoms with van der Waals surface area (Å²) in [6.45, 7) is 1.58. The molecule has 0 fully saturated rings. The molecule has 0 aromatic heterocycles. The topological polar surface area (TPSA) is 86.7 Å². The average Bonchev–Trinajstić information content (AvgIpc) is 2.80. The summed E-state index contributed by atoms with van der Waals surface area (Å²) in [4.78, 5) is 14.6. The number of rotatable bonds is 5. The van der Waals surface area contributed by atoms with Crippen LogP contribution >= 0.6 is 0 Å². The second kappa shape index (κ2) is 9.15. The Morgan fingerprint density at radius 2 is 1.85 bits per heavy atom. The van der Waals surface area contributed by atoms with Gasteiger partial charge in [0.2, 0.25) is 0 Å². The maximum absolute atomic E-state index is 13.5. The van der Waals surface area contributed by atoms with E-state index in [0.717, 1.165) is 6.07 Å². The number of carbonyl (C=O) groups is 1. The Labute approximate surface area is 200 Å². The number of thiol groups is 1. The van der Waals surface area contributed by atoms with Gasteiger partial charge >= 0.3 is 17.8 Å². The zero-order chi connectivity index (χ0) is 24.6. The largest absolute Gasteiger partial charge is 0.506 e. The fourth-order valence-electron chi connectivity index (χ4n) is 3.98. The third-order valence-electron chi connectivity index (χ3n) is 5.73. The van der Waals surface area contributed by atoms with Crippen molar-refractivity contribution >= 4 is 40.8 Å². The fourth-order valence-corrected chi connectivity index (χ4v) is 4.67. The molecule has 176 valence electrons. The van der Waals surface area contributed by atoms with Crippen LogP contribution in [0.15, 0.2) is 53.4 Å². The van der Waals surface area contributed by atoms with Gasteiger partial charge in [-0.2, -0.15) is 13.2 Å². The fraction of sp³-hybridized carbons (Fsp3) is 0.174. The van der Waals surface area contributed by atoms with Crippen molar-refractivity contribution in [1.29, 1.82) is 0 Å². The summed E-state index contributed by atoms with van der Waals surface area (Å²) < 4.78 is 65.2. The van der Waals surface area contributed by atoms with Crippen molar-refractivity contribution in [3.05, 3.63) is 70.8 Å². The van der Waals surface area contributed by atoms with E-state index in [1.54, 1.807) is 24.3 Å². The molecule has 1 aliphatic heterocycles. The monoisotopic (exact) mass is 507 g/mol. The summed E-state index contributed by atoms with van der Waals surface area (Å²) in [6.07, 6.45) is -4.15. The van der Waals surface area contributed by atoms with Gasteiger partial charge in [0.25, 0.3) is 10.8 Å². The zero-order valence-electron chi connectivity index (χ0n) is 17.6. The lowest BCUT2D eigenvalue weighted by Gasteiger charge is -2.29. The Morgan fingerprint density at radius 1 is 1.09 bits per heavy atom. The highest BCUT2D eigenvalue weighted by molar-refractivity contribution is 7.67. The number of phenols is 1. The number of anilines is 2. The van der Waals surface area contributed by atoms with Gasteiger partial charge in [0.1, 0.15) is 17.6 Å². The van der Waals surface area contributed by atoms with Gasteiger partial charge in [0.15, 0.2) is 0 Å². The second-order valence-corrected chi connectivity index (χ2v) is 8.72. The minimum Gasteiger partial charge on any atom is -0.506 e. The number of fused-ring (bicyclic) bond motifs is 1. The van der Waals surface area contributed by atoms with Gasteiger partial charge in [-0.15, -0.1) is 0 Å². The van der Waals surface area contributed by atoms with Gasteiger partial charge in [-0.3, -0.25) is 4.79 Å². The minimum absolute atomic E-state index is 0.000918. The van der Waals surface area contributed by atoms with Crippen LogP contribution in [0.2, 0.25) is 0 Å². The van der Waals surface area contributed by atoms with Crippen molar-refractivity contribution in [1.82, 2.24) is 0 Å². The first-order chi connectivity index (χ1) is 16.1. The molecule has 1 heterocycles. The molecule has 2 N–H and O–H groups in total. The number of halogens is 3. The quantitative estimate of drug-likeness (QED) is 0.267. The number of hydrogen-bond acceptors (Lipinski definition) is 4. The normalized spacial score (nSPS) is 13.5. The van der Waals surface area contributed by atoms with Crippen LogP contribution in [-0.2, 0) is 40.3 Å².